The topological polar surface area (TPSA) is 53.2 Å². The summed E-state index contributed by atoms with van der Waals surface area (Å²) in [6, 6.07) is 2.30. The predicted octanol–water partition coefficient (Wildman–Crippen LogP) is 1.71. The number of hydrogen-bond donors (Lipinski definition) is 1. The lowest BCUT2D eigenvalue weighted by Gasteiger charge is -2.52. The minimum absolute atomic E-state index is 0.408. The molecule has 1 saturated heterocycles. The maximum Gasteiger partial charge on any atom is 0.111 e. The molecular weight excluding hydrogens is 190 g/mol. The lowest BCUT2D eigenvalue weighted by Crippen LogP contribution is -2.58. The molecule has 2 fully saturated rings. The van der Waals surface area contributed by atoms with Crippen LogP contribution in [0.4, 0.5) is 0 Å². The second-order valence-corrected chi connectivity index (χ2v) is 5.44. The molecule has 0 amide bonds. The Morgan fingerprint density at radius 1 is 1.47 bits per heavy atom. The van der Waals surface area contributed by atoms with Gasteiger partial charge in [0.1, 0.15) is 5.41 Å². The molecule has 3 nitrogen and oxygen atoms in total. The van der Waals surface area contributed by atoms with E-state index in [0.717, 1.165) is 12.8 Å². The van der Waals surface area contributed by atoms with Gasteiger partial charge in [-0.05, 0) is 31.1 Å². The molecule has 0 aromatic carbocycles. The van der Waals surface area contributed by atoms with Crippen molar-refractivity contribution in [3.05, 3.63) is 0 Å². The molecule has 1 aliphatic carbocycles. The number of nitrogens with zero attached hydrogens (tertiary/aromatic N) is 1. The van der Waals surface area contributed by atoms with Gasteiger partial charge in [-0.15, -0.1) is 0 Å². The summed E-state index contributed by atoms with van der Waals surface area (Å²) in [6.45, 7) is 5.37. The van der Waals surface area contributed by atoms with E-state index in [0.29, 0.717) is 31.5 Å². The number of ether oxygens (including phenoxy) is 1. The molecule has 0 aromatic rings. The van der Waals surface area contributed by atoms with Crippen LogP contribution in [0.2, 0.25) is 0 Å². The summed E-state index contributed by atoms with van der Waals surface area (Å²) in [5.41, 5.74) is -1.41. The van der Waals surface area contributed by atoms with Gasteiger partial charge in [-0.1, -0.05) is 13.8 Å². The van der Waals surface area contributed by atoms with E-state index in [2.05, 4.69) is 19.9 Å². The molecule has 0 spiro atoms. The summed E-state index contributed by atoms with van der Waals surface area (Å²) in [5, 5.41) is 19.7. The monoisotopic (exact) mass is 209 g/mol. The average molecular weight is 209 g/mol. The van der Waals surface area contributed by atoms with Crippen LogP contribution in [0.1, 0.15) is 33.1 Å². The Labute approximate surface area is 91.0 Å². The van der Waals surface area contributed by atoms with E-state index >= 15 is 0 Å². The van der Waals surface area contributed by atoms with E-state index in [1.165, 1.54) is 0 Å². The molecule has 1 aliphatic heterocycles. The summed E-state index contributed by atoms with van der Waals surface area (Å²) in [7, 11) is 0. The van der Waals surface area contributed by atoms with Crippen LogP contribution in [0.5, 0.6) is 0 Å². The van der Waals surface area contributed by atoms with Crippen molar-refractivity contribution in [1.82, 2.24) is 0 Å². The molecular formula is C12H19NO2. The molecule has 2 aliphatic rings. The van der Waals surface area contributed by atoms with Gasteiger partial charge in [-0.2, -0.15) is 5.26 Å². The highest BCUT2D eigenvalue weighted by Gasteiger charge is 2.60. The third-order valence-corrected chi connectivity index (χ3v) is 4.27. The molecule has 2 rings (SSSR count). The van der Waals surface area contributed by atoms with Gasteiger partial charge in [0.2, 0.25) is 0 Å². The first-order chi connectivity index (χ1) is 7.03. The quantitative estimate of drug-likeness (QED) is 0.753. The highest BCUT2D eigenvalue weighted by molar-refractivity contribution is 5.18. The molecule has 84 valence electrons. The van der Waals surface area contributed by atoms with Crippen LogP contribution in [-0.2, 0) is 4.74 Å². The molecule has 15 heavy (non-hydrogen) atoms. The standard InChI is InChI=1S/C12H19NO2/c1-9(2)10-5-12(14,6-10)11(7-13)3-4-15-8-11/h9-10,14H,3-6,8H2,1-2H3. The van der Waals surface area contributed by atoms with Crippen molar-refractivity contribution < 1.29 is 9.84 Å². The van der Waals surface area contributed by atoms with Gasteiger partial charge in [0, 0.05) is 6.61 Å². The van der Waals surface area contributed by atoms with Crippen LogP contribution >= 0.6 is 0 Å². The Kier molecular flexibility index (Phi) is 2.52. The third kappa shape index (κ3) is 1.47. The molecule has 0 radical (unpaired) electrons. The maximum atomic E-state index is 10.5. The van der Waals surface area contributed by atoms with E-state index in [1.54, 1.807) is 0 Å². The Bertz CT molecular complexity index is 280. The normalized spacial score (nSPS) is 45.1. The Morgan fingerprint density at radius 3 is 2.53 bits per heavy atom. The van der Waals surface area contributed by atoms with Crippen LogP contribution in [0.15, 0.2) is 0 Å². The first-order valence-corrected chi connectivity index (χ1v) is 5.74. The molecule has 1 saturated carbocycles. The van der Waals surface area contributed by atoms with Crippen molar-refractivity contribution in [1.29, 1.82) is 5.26 Å². The number of rotatable bonds is 2. The molecule has 3 heteroatoms. The molecule has 1 atom stereocenters. The molecule has 1 N–H and O–H groups in total. The van der Waals surface area contributed by atoms with Gasteiger partial charge in [-0.25, -0.2) is 0 Å². The minimum Gasteiger partial charge on any atom is -0.388 e. The van der Waals surface area contributed by atoms with Crippen LogP contribution in [0.3, 0.4) is 0 Å². The molecule has 0 aromatic heterocycles. The fourth-order valence-electron chi connectivity index (χ4n) is 2.79. The third-order valence-electron chi connectivity index (χ3n) is 4.27. The number of nitriles is 1. The lowest BCUT2D eigenvalue weighted by molar-refractivity contribution is -0.154. The van der Waals surface area contributed by atoms with Crippen molar-refractivity contribution >= 4 is 0 Å². The SMILES string of the molecule is CC(C)C1CC(O)(C2(C#N)CCOC2)C1. The highest BCUT2D eigenvalue weighted by Crippen LogP contribution is 2.54. The molecule has 1 unspecified atom stereocenters. The van der Waals surface area contributed by atoms with Gasteiger partial charge in [0.15, 0.2) is 0 Å². The van der Waals surface area contributed by atoms with Gasteiger partial charge in [0.05, 0.1) is 18.3 Å². The average Bonchev–Trinajstić information content (AvgIpc) is 2.62. The molecule has 1 heterocycles. The summed E-state index contributed by atoms with van der Waals surface area (Å²) in [5.74, 6) is 1.17. The van der Waals surface area contributed by atoms with Crippen molar-refractivity contribution in [2.75, 3.05) is 13.2 Å². The zero-order valence-corrected chi connectivity index (χ0v) is 9.49. The van der Waals surface area contributed by atoms with E-state index in [9.17, 15) is 10.4 Å². The lowest BCUT2D eigenvalue weighted by atomic mass is 9.55. The zero-order chi connectivity index (χ0) is 11.1. The first-order valence-electron chi connectivity index (χ1n) is 5.74. The van der Waals surface area contributed by atoms with Crippen LogP contribution in [0, 0.1) is 28.6 Å². The van der Waals surface area contributed by atoms with Crippen LogP contribution in [-0.4, -0.2) is 23.9 Å². The highest BCUT2D eigenvalue weighted by atomic mass is 16.5. The second kappa shape index (κ2) is 3.47. The Balaban J connectivity index is 2.08. The van der Waals surface area contributed by atoms with Crippen molar-refractivity contribution in [2.45, 2.75) is 38.7 Å². The van der Waals surface area contributed by atoms with Crippen molar-refractivity contribution in [3.63, 3.8) is 0 Å². The summed E-state index contributed by atoms with van der Waals surface area (Å²) >= 11 is 0. The summed E-state index contributed by atoms with van der Waals surface area (Å²) in [4.78, 5) is 0. The maximum absolute atomic E-state index is 10.5. The number of hydrogen-bond acceptors (Lipinski definition) is 3. The fourth-order valence-corrected chi connectivity index (χ4v) is 2.79. The van der Waals surface area contributed by atoms with E-state index < -0.39 is 11.0 Å². The zero-order valence-electron chi connectivity index (χ0n) is 9.49. The second-order valence-electron chi connectivity index (χ2n) is 5.44. The van der Waals surface area contributed by atoms with Gasteiger partial charge in [0.25, 0.3) is 0 Å². The van der Waals surface area contributed by atoms with Gasteiger partial charge >= 0.3 is 0 Å². The fraction of sp³-hybridized carbons (Fsp3) is 0.917. The Morgan fingerprint density at radius 2 is 2.13 bits per heavy atom. The number of aliphatic hydroxyl groups is 1. The van der Waals surface area contributed by atoms with Crippen LogP contribution in [0.25, 0.3) is 0 Å². The van der Waals surface area contributed by atoms with Crippen LogP contribution < -0.4 is 0 Å². The van der Waals surface area contributed by atoms with Gasteiger partial charge < -0.3 is 9.84 Å². The predicted molar refractivity (Wildman–Crippen MR) is 56.0 cm³/mol. The summed E-state index contributed by atoms with van der Waals surface area (Å²) in [6.07, 6.45) is 2.22. The summed E-state index contributed by atoms with van der Waals surface area (Å²) < 4.78 is 5.29. The minimum atomic E-state index is -0.785. The Hall–Kier alpha value is -0.590. The van der Waals surface area contributed by atoms with Crippen molar-refractivity contribution in [2.24, 2.45) is 17.3 Å². The molecule has 0 bridgehead atoms. The van der Waals surface area contributed by atoms with Gasteiger partial charge in [-0.3, -0.25) is 0 Å². The first kappa shape index (κ1) is 10.9. The van der Waals surface area contributed by atoms with E-state index in [1.807, 2.05) is 0 Å². The van der Waals surface area contributed by atoms with E-state index in [4.69, 9.17) is 4.74 Å². The van der Waals surface area contributed by atoms with E-state index in [-0.39, 0.29) is 0 Å². The smallest absolute Gasteiger partial charge is 0.111 e. The van der Waals surface area contributed by atoms with Crippen molar-refractivity contribution in [3.8, 4) is 6.07 Å². The largest absolute Gasteiger partial charge is 0.388 e.